The normalized spacial score (nSPS) is 13.7. The van der Waals surface area contributed by atoms with Crippen molar-refractivity contribution < 1.29 is 9.59 Å². The summed E-state index contributed by atoms with van der Waals surface area (Å²) in [4.78, 5) is 26.3. The molecule has 0 unspecified atom stereocenters. The van der Waals surface area contributed by atoms with E-state index in [2.05, 4.69) is 15.5 Å². The molecule has 30 heavy (non-hydrogen) atoms. The van der Waals surface area contributed by atoms with Crippen LogP contribution in [-0.2, 0) is 11.3 Å². The first kappa shape index (κ1) is 19.5. The molecular weight excluding hydrogens is 376 g/mol. The lowest BCUT2D eigenvalue weighted by molar-refractivity contribution is -0.128. The Morgan fingerprint density at radius 3 is 2.33 bits per heavy atom. The Labute approximate surface area is 175 Å². The largest absolute Gasteiger partial charge is 0.338 e. The number of nitrogens with zero attached hydrogens (tertiary/aromatic N) is 3. The number of azo groups is 1. The average Bonchev–Trinajstić information content (AvgIpc) is 3.18. The van der Waals surface area contributed by atoms with E-state index >= 15 is 0 Å². The summed E-state index contributed by atoms with van der Waals surface area (Å²) in [5.74, 6) is -0.0161. The first-order valence-corrected chi connectivity index (χ1v) is 9.92. The number of rotatable bonds is 6. The Balaban J connectivity index is 1.38. The lowest BCUT2D eigenvalue weighted by Crippen LogP contribution is -2.24. The van der Waals surface area contributed by atoms with E-state index in [0.717, 1.165) is 24.2 Å². The van der Waals surface area contributed by atoms with Gasteiger partial charge in [-0.3, -0.25) is 9.59 Å². The molecule has 0 spiro atoms. The van der Waals surface area contributed by atoms with Crippen LogP contribution in [0, 0.1) is 0 Å². The highest BCUT2D eigenvalue weighted by atomic mass is 16.2. The molecule has 1 aliphatic rings. The predicted molar refractivity (Wildman–Crippen MR) is 116 cm³/mol. The van der Waals surface area contributed by atoms with Crippen molar-refractivity contribution in [3.05, 3.63) is 90.0 Å². The maximum atomic E-state index is 12.6. The van der Waals surface area contributed by atoms with Crippen LogP contribution in [0.25, 0.3) is 0 Å². The Hall–Kier alpha value is -3.80. The van der Waals surface area contributed by atoms with Crippen LogP contribution in [0.5, 0.6) is 0 Å². The van der Waals surface area contributed by atoms with Gasteiger partial charge in [0, 0.05) is 30.8 Å². The van der Waals surface area contributed by atoms with Crippen molar-refractivity contribution in [1.29, 1.82) is 0 Å². The molecule has 1 saturated heterocycles. The van der Waals surface area contributed by atoms with Crippen molar-refractivity contribution >= 4 is 28.9 Å². The Morgan fingerprint density at radius 1 is 0.900 bits per heavy atom. The Bertz CT molecular complexity index is 1060. The number of likely N-dealkylation sites (tertiary alicyclic amines) is 1. The van der Waals surface area contributed by atoms with Gasteiger partial charge in [0.2, 0.25) is 5.91 Å². The minimum atomic E-state index is -0.191. The van der Waals surface area contributed by atoms with Gasteiger partial charge in [-0.15, -0.1) is 0 Å². The van der Waals surface area contributed by atoms with E-state index in [1.807, 2.05) is 53.4 Å². The number of anilines is 1. The third kappa shape index (κ3) is 4.97. The number of carbonyl (C=O) groups excluding carboxylic acids is 2. The van der Waals surface area contributed by atoms with Gasteiger partial charge in [-0.25, -0.2) is 0 Å². The highest BCUT2D eigenvalue weighted by Crippen LogP contribution is 2.21. The molecule has 3 aromatic rings. The molecule has 0 radical (unpaired) electrons. The summed E-state index contributed by atoms with van der Waals surface area (Å²) < 4.78 is 0. The molecule has 2 amide bonds. The van der Waals surface area contributed by atoms with Gasteiger partial charge < -0.3 is 10.2 Å². The summed E-state index contributed by atoms with van der Waals surface area (Å²) in [6.07, 6.45) is 1.51. The van der Waals surface area contributed by atoms with Crippen molar-refractivity contribution in [1.82, 2.24) is 4.90 Å². The molecule has 150 valence electrons. The molecule has 4 rings (SSSR count). The van der Waals surface area contributed by atoms with Crippen molar-refractivity contribution in [2.45, 2.75) is 19.4 Å². The van der Waals surface area contributed by atoms with Gasteiger partial charge >= 0.3 is 0 Å². The number of hydrogen-bond donors (Lipinski definition) is 1. The van der Waals surface area contributed by atoms with Gasteiger partial charge in [-0.1, -0.05) is 30.3 Å². The molecule has 1 aliphatic heterocycles. The van der Waals surface area contributed by atoms with Crippen molar-refractivity contribution in [3.8, 4) is 0 Å². The fourth-order valence-corrected chi connectivity index (χ4v) is 3.33. The smallest absolute Gasteiger partial charge is 0.255 e. The van der Waals surface area contributed by atoms with Gasteiger partial charge in [0.1, 0.15) is 0 Å². The fraction of sp³-hybridized carbons (Fsp3) is 0.167. The number of benzene rings is 3. The second kappa shape index (κ2) is 9.13. The summed E-state index contributed by atoms with van der Waals surface area (Å²) in [7, 11) is 0. The predicted octanol–water partition coefficient (Wildman–Crippen LogP) is 5.48. The summed E-state index contributed by atoms with van der Waals surface area (Å²) in [5, 5.41) is 11.3. The van der Waals surface area contributed by atoms with Crippen LogP contribution in [0.2, 0.25) is 0 Å². The van der Waals surface area contributed by atoms with E-state index < -0.39 is 0 Å². The summed E-state index contributed by atoms with van der Waals surface area (Å²) >= 11 is 0. The molecule has 1 heterocycles. The minimum Gasteiger partial charge on any atom is -0.338 e. The van der Waals surface area contributed by atoms with Gasteiger partial charge in [-0.05, 0) is 60.5 Å². The monoisotopic (exact) mass is 398 g/mol. The van der Waals surface area contributed by atoms with Crippen LogP contribution >= 0.6 is 0 Å². The molecule has 1 N–H and O–H groups in total. The molecule has 6 nitrogen and oxygen atoms in total. The molecule has 0 bridgehead atoms. The number of hydrogen-bond acceptors (Lipinski definition) is 4. The Kier molecular flexibility index (Phi) is 5.94. The molecule has 0 saturated carbocycles. The standard InChI is InChI=1S/C24H22N4O2/c29-23-10-5-15-28(23)17-18-6-4-7-19(16-18)24(30)25-20-11-13-22(14-12-20)27-26-21-8-2-1-3-9-21/h1-4,6-9,11-14,16H,5,10,15,17H2,(H,25,30). The summed E-state index contributed by atoms with van der Waals surface area (Å²) in [5.41, 5.74) is 3.68. The van der Waals surface area contributed by atoms with Crippen LogP contribution in [0.1, 0.15) is 28.8 Å². The second-order valence-electron chi connectivity index (χ2n) is 7.16. The van der Waals surface area contributed by atoms with E-state index in [-0.39, 0.29) is 11.8 Å². The van der Waals surface area contributed by atoms with E-state index in [9.17, 15) is 9.59 Å². The summed E-state index contributed by atoms with van der Waals surface area (Å²) in [6.45, 7) is 1.32. The SMILES string of the molecule is O=C(Nc1ccc(N=Nc2ccccc2)cc1)c1cccc(CN2CCCC2=O)c1. The van der Waals surface area contributed by atoms with Gasteiger partial charge in [-0.2, -0.15) is 10.2 Å². The minimum absolute atomic E-state index is 0.175. The van der Waals surface area contributed by atoms with Crippen molar-refractivity contribution in [2.24, 2.45) is 10.2 Å². The molecule has 0 aromatic heterocycles. The third-order valence-electron chi connectivity index (χ3n) is 4.90. The van der Waals surface area contributed by atoms with E-state index in [4.69, 9.17) is 0 Å². The third-order valence-corrected chi connectivity index (χ3v) is 4.90. The van der Waals surface area contributed by atoms with Crippen LogP contribution in [0.3, 0.4) is 0 Å². The quantitative estimate of drug-likeness (QED) is 0.559. The Morgan fingerprint density at radius 2 is 1.63 bits per heavy atom. The van der Waals surface area contributed by atoms with Crippen molar-refractivity contribution in [2.75, 3.05) is 11.9 Å². The molecule has 6 heteroatoms. The molecule has 0 atom stereocenters. The first-order valence-electron chi connectivity index (χ1n) is 9.92. The number of carbonyl (C=O) groups is 2. The lowest BCUT2D eigenvalue weighted by atomic mass is 10.1. The zero-order chi connectivity index (χ0) is 20.8. The second-order valence-corrected chi connectivity index (χ2v) is 7.16. The van der Waals surface area contributed by atoms with E-state index in [1.165, 1.54) is 0 Å². The molecule has 1 fully saturated rings. The highest BCUT2D eigenvalue weighted by Gasteiger charge is 2.20. The lowest BCUT2D eigenvalue weighted by Gasteiger charge is -2.16. The maximum absolute atomic E-state index is 12.6. The van der Waals surface area contributed by atoms with E-state index in [1.54, 1.807) is 30.3 Å². The van der Waals surface area contributed by atoms with E-state index in [0.29, 0.717) is 29.9 Å². The van der Waals surface area contributed by atoms with Crippen molar-refractivity contribution in [3.63, 3.8) is 0 Å². The van der Waals surface area contributed by atoms with Gasteiger partial charge in [0.25, 0.3) is 5.91 Å². The van der Waals surface area contributed by atoms with Crippen LogP contribution in [0.15, 0.2) is 89.1 Å². The molecular formula is C24H22N4O2. The molecule has 3 aromatic carbocycles. The zero-order valence-electron chi connectivity index (χ0n) is 16.5. The number of nitrogens with one attached hydrogen (secondary N) is 1. The zero-order valence-corrected chi connectivity index (χ0v) is 16.5. The van der Waals surface area contributed by atoms with Crippen LogP contribution in [-0.4, -0.2) is 23.3 Å². The maximum Gasteiger partial charge on any atom is 0.255 e. The summed E-state index contributed by atoms with van der Waals surface area (Å²) in [6, 6.07) is 24.1. The first-order chi connectivity index (χ1) is 14.7. The van der Waals surface area contributed by atoms with Gasteiger partial charge in [0.15, 0.2) is 0 Å². The number of amides is 2. The van der Waals surface area contributed by atoms with Gasteiger partial charge in [0.05, 0.1) is 11.4 Å². The van der Waals surface area contributed by atoms with Crippen LogP contribution < -0.4 is 5.32 Å². The topological polar surface area (TPSA) is 74.1 Å². The fourth-order valence-electron chi connectivity index (χ4n) is 3.33. The van der Waals surface area contributed by atoms with Crippen LogP contribution in [0.4, 0.5) is 17.1 Å². The average molecular weight is 398 g/mol. The molecule has 0 aliphatic carbocycles. The highest BCUT2D eigenvalue weighted by molar-refractivity contribution is 6.04.